The molecule has 0 saturated heterocycles. The Morgan fingerprint density at radius 2 is 2.29 bits per heavy atom. The van der Waals surface area contributed by atoms with Crippen LogP contribution in [0.2, 0.25) is 0 Å². The lowest BCUT2D eigenvalue weighted by atomic mass is 10.0. The highest BCUT2D eigenvalue weighted by Crippen LogP contribution is 2.21. The highest BCUT2D eigenvalue weighted by molar-refractivity contribution is 7.91. The first-order chi connectivity index (χ1) is 8.07. The maximum absolute atomic E-state index is 11.3. The number of hydrogen-bond donors (Lipinski definition) is 2. The monoisotopic (exact) mass is 272 g/mol. The topological polar surface area (TPSA) is 72.2 Å². The molecule has 0 amide bonds. The van der Waals surface area contributed by atoms with E-state index in [1.165, 1.54) is 11.3 Å². The molecule has 0 radical (unpaired) electrons. The number of sulfonamides is 1. The molecule has 0 fully saturated rings. The smallest absolute Gasteiger partial charge is 0.247 e. The molecule has 0 aliphatic heterocycles. The van der Waals surface area contributed by atoms with Crippen molar-refractivity contribution in [1.82, 2.24) is 5.32 Å². The highest BCUT2D eigenvalue weighted by atomic mass is 32.2. The van der Waals surface area contributed by atoms with E-state index >= 15 is 0 Å². The van der Waals surface area contributed by atoms with Crippen molar-refractivity contribution in [2.75, 3.05) is 0 Å². The van der Waals surface area contributed by atoms with E-state index in [4.69, 9.17) is 5.14 Å². The summed E-state index contributed by atoms with van der Waals surface area (Å²) in [6.07, 6.45) is 7.54. The number of nitrogens with two attached hydrogens (primary N) is 1. The zero-order valence-electron chi connectivity index (χ0n) is 9.43. The first kappa shape index (κ1) is 12.8. The van der Waals surface area contributed by atoms with Gasteiger partial charge in [-0.25, -0.2) is 13.6 Å². The summed E-state index contributed by atoms with van der Waals surface area (Å²) in [5.74, 6) is 0. The van der Waals surface area contributed by atoms with Crippen LogP contribution in [0.4, 0.5) is 0 Å². The molecular formula is C11H16N2O2S2. The second-order valence-electron chi connectivity index (χ2n) is 4.14. The number of thiophene rings is 1. The molecule has 94 valence electrons. The third-order valence-electron chi connectivity index (χ3n) is 2.82. The molecule has 1 heterocycles. The van der Waals surface area contributed by atoms with Crippen molar-refractivity contribution in [3.63, 3.8) is 0 Å². The second-order valence-corrected chi connectivity index (χ2v) is 6.81. The van der Waals surface area contributed by atoms with Gasteiger partial charge < -0.3 is 5.32 Å². The molecular weight excluding hydrogens is 256 g/mol. The molecule has 1 unspecified atom stereocenters. The third-order valence-corrected chi connectivity index (χ3v) is 5.33. The molecule has 1 aliphatic rings. The van der Waals surface area contributed by atoms with E-state index in [1.807, 2.05) is 6.07 Å². The fraction of sp³-hybridized carbons (Fsp3) is 0.455. The minimum Gasteiger partial charge on any atom is -0.310 e. The summed E-state index contributed by atoms with van der Waals surface area (Å²) in [6, 6.07) is 2.25. The summed E-state index contributed by atoms with van der Waals surface area (Å²) in [4.78, 5) is 0. The molecule has 0 saturated carbocycles. The van der Waals surface area contributed by atoms with Gasteiger partial charge in [-0.15, -0.1) is 11.3 Å². The molecule has 0 aromatic carbocycles. The second kappa shape index (κ2) is 5.30. The Balaban J connectivity index is 2.00. The Kier molecular flexibility index (Phi) is 3.98. The minimum absolute atomic E-state index is 0.274. The number of rotatable bonds is 4. The molecule has 2 rings (SSSR count). The molecule has 1 aliphatic carbocycles. The van der Waals surface area contributed by atoms with Crippen LogP contribution in [0.25, 0.3) is 0 Å². The Morgan fingerprint density at radius 3 is 2.94 bits per heavy atom. The van der Waals surface area contributed by atoms with Crippen molar-refractivity contribution in [1.29, 1.82) is 0 Å². The number of hydrogen-bond acceptors (Lipinski definition) is 4. The lowest BCUT2D eigenvalue weighted by Crippen LogP contribution is -2.29. The SMILES string of the molecule is NS(=O)(=O)c1sccc1CNC1CC=CCC1. The quantitative estimate of drug-likeness (QED) is 0.818. The summed E-state index contributed by atoms with van der Waals surface area (Å²) >= 11 is 1.18. The van der Waals surface area contributed by atoms with Crippen LogP contribution in [-0.2, 0) is 16.6 Å². The standard InChI is InChI=1S/C11H16N2O2S2/c12-17(14,15)11-9(6-7-16-11)8-13-10-4-2-1-3-5-10/h1-2,6-7,10,13H,3-5,8H2,(H2,12,14,15). The molecule has 6 heteroatoms. The van der Waals surface area contributed by atoms with Crippen molar-refractivity contribution >= 4 is 21.4 Å². The van der Waals surface area contributed by atoms with E-state index in [-0.39, 0.29) is 4.21 Å². The van der Waals surface area contributed by atoms with Gasteiger partial charge in [-0.05, 0) is 36.3 Å². The average molecular weight is 272 g/mol. The summed E-state index contributed by atoms with van der Waals surface area (Å²) in [5, 5.41) is 10.3. The Hall–Kier alpha value is -0.690. The molecule has 4 nitrogen and oxygen atoms in total. The van der Waals surface area contributed by atoms with Gasteiger partial charge in [0, 0.05) is 12.6 Å². The maximum Gasteiger partial charge on any atom is 0.247 e. The molecule has 17 heavy (non-hydrogen) atoms. The van der Waals surface area contributed by atoms with Crippen LogP contribution >= 0.6 is 11.3 Å². The van der Waals surface area contributed by atoms with E-state index in [0.29, 0.717) is 12.6 Å². The first-order valence-electron chi connectivity index (χ1n) is 5.55. The third kappa shape index (κ3) is 3.38. The minimum atomic E-state index is -3.58. The maximum atomic E-state index is 11.3. The molecule has 1 aromatic heterocycles. The van der Waals surface area contributed by atoms with Crippen LogP contribution in [0.3, 0.4) is 0 Å². The first-order valence-corrected chi connectivity index (χ1v) is 7.97. The molecule has 1 atom stereocenters. The Bertz CT molecular complexity index is 505. The summed E-state index contributed by atoms with van der Waals surface area (Å²) < 4.78 is 22.9. The fourth-order valence-electron chi connectivity index (χ4n) is 1.94. The van der Waals surface area contributed by atoms with E-state index < -0.39 is 10.0 Å². The van der Waals surface area contributed by atoms with Gasteiger partial charge >= 0.3 is 0 Å². The van der Waals surface area contributed by atoms with Crippen LogP contribution in [0, 0.1) is 0 Å². The average Bonchev–Trinajstić information content (AvgIpc) is 2.75. The zero-order valence-corrected chi connectivity index (χ0v) is 11.1. The van der Waals surface area contributed by atoms with Gasteiger partial charge in [-0.1, -0.05) is 12.2 Å². The largest absolute Gasteiger partial charge is 0.310 e. The van der Waals surface area contributed by atoms with E-state index in [9.17, 15) is 8.42 Å². The van der Waals surface area contributed by atoms with Crippen molar-refractivity contribution < 1.29 is 8.42 Å². The van der Waals surface area contributed by atoms with E-state index in [1.54, 1.807) is 5.38 Å². The van der Waals surface area contributed by atoms with Crippen LogP contribution in [0.1, 0.15) is 24.8 Å². The van der Waals surface area contributed by atoms with E-state index in [2.05, 4.69) is 17.5 Å². The Morgan fingerprint density at radius 1 is 1.47 bits per heavy atom. The van der Waals surface area contributed by atoms with Crippen molar-refractivity contribution in [2.24, 2.45) is 5.14 Å². The van der Waals surface area contributed by atoms with Crippen LogP contribution in [-0.4, -0.2) is 14.5 Å². The lowest BCUT2D eigenvalue weighted by Gasteiger charge is -2.19. The molecule has 3 N–H and O–H groups in total. The predicted molar refractivity (Wildman–Crippen MR) is 69.3 cm³/mol. The number of primary sulfonamides is 1. The van der Waals surface area contributed by atoms with Gasteiger partial charge in [0.05, 0.1) is 0 Å². The zero-order chi connectivity index (χ0) is 12.3. The summed E-state index contributed by atoms with van der Waals surface area (Å²) in [6.45, 7) is 0.563. The lowest BCUT2D eigenvalue weighted by molar-refractivity contribution is 0.472. The summed E-state index contributed by atoms with van der Waals surface area (Å²) in [5.41, 5.74) is 0.770. The molecule has 0 bridgehead atoms. The van der Waals surface area contributed by atoms with Gasteiger partial charge in [-0.2, -0.15) is 0 Å². The van der Waals surface area contributed by atoms with Gasteiger partial charge in [0.25, 0.3) is 0 Å². The van der Waals surface area contributed by atoms with Crippen molar-refractivity contribution in [2.45, 2.75) is 36.1 Å². The molecule has 0 spiro atoms. The fourth-order valence-corrected chi connectivity index (χ4v) is 3.79. The highest BCUT2D eigenvalue weighted by Gasteiger charge is 2.16. The van der Waals surface area contributed by atoms with Crippen molar-refractivity contribution in [3.8, 4) is 0 Å². The van der Waals surface area contributed by atoms with Crippen LogP contribution in [0.5, 0.6) is 0 Å². The van der Waals surface area contributed by atoms with Gasteiger partial charge in [0.1, 0.15) is 4.21 Å². The Labute approximate surface area is 106 Å². The van der Waals surface area contributed by atoms with Gasteiger partial charge in [0.15, 0.2) is 0 Å². The summed E-state index contributed by atoms with van der Waals surface area (Å²) in [7, 11) is -3.58. The number of nitrogens with one attached hydrogen (secondary N) is 1. The normalized spacial score (nSPS) is 20.6. The predicted octanol–water partition coefficient (Wildman–Crippen LogP) is 1.59. The van der Waals surface area contributed by atoms with Crippen LogP contribution < -0.4 is 10.5 Å². The molecule has 1 aromatic rings. The van der Waals surface area contributed by atoms with Crippen LogP contribution in [0.15, 0.2) is 27.8 Å². The number of allylic oxidation sites excluding steroid dienone is 1. The van der Waals surface area contributed by atoms with Gasteiger partial charge in [0.2, 0.25) is 10.0 Å². The van der Waals surface area contributed by atoms with E-state index in [0.717, 1.165) is 24.8 Å². The van der Waals surface area contributed by atoms with Crippen molar-refractivity contribution in [3.05, 3.63) is 29.2 Å². The van der Waals surface area contributed by atoms with Gasteiger partial charge in [-0.3, -0.25) is 0 Å².